The van der Waals surface area contributed by atoms with E-state index in [1.165, 1.54) is 6.07 Å². The molecule has 1 aromatic carbocycles. The predicted molar refractivity (Wildman–Crippen MR) is 80.9 cm³/mol. The summed E-state index contributed by atoms with van der Waals surface area (Å²) >= 11 is 5.72. The Labute approximate surface area is 132 Å². The van der Waals surface area contributed by atoms with E-state index in [2.05, 4.69) is 5.32 Å². The molecule has 0 atom stereocenters. The average molecular weight is 329 g/mol. The van der Waals surface area contributed by atoms with Crippen molar-refractivity contribution in [1.29, 1.82) is 0 Å². The van der Waals surface area contributed by atoms with Crippen LogP contribution in [0.4, 0.5) is 5.69 Å². The van der Waals surface area contributed by atoms with Crippen LogP contribution in [0.5, 0.6) is 0 Å². The van der Waals surface area contributed by atoms with Gasteiger partial charge in [0.05, 0.1) is 4.92 Å². The number of carbonyl (C=O) groups is 2. The van der Waals surface area contributed by atoms with Crippen LogP contribution in [0.1, 0.15) is 30.6 Å². The van der Waals surface area contributed by atoms with E-state index >= 15 is 0 Å². The fourth-order valence-corrected chi connectivity index (χ4v) is 1.76. The highest BCUT2D eigenvalue weighted by molar-refractivity contribution is 6.31. The summed E-state index contributed by atoms with van der Waals surface area (Å²) in [6, 6.07) is 3.55. The molecule has 0 fully saturated rings. The van der Waals surface area contributed by atoms with Gasteiger partial charge in [0.1, 0.15) is 5.56 Å². The molecule has 7 nitrogen and oxygen atoms in total. The molecule has 1 N–H and O–H groups in total. The second kappa shape index (κ2) is 8.33. The molecule has 1 rings (SSSR count). The first-order valence-electron chi connectivity index (χ1n) is 6.69. The van der Waals surface area contributed by atoms with Gasteiger partial charge in [0, 0.05) is 17.6 Å². The van der Waals surface area contributed by atoms with E-state index < -0.39 is 29.1 Å². The number of nitrogens with zero attached hydrogens (tertiary/aromatic N) is 1. The van der Waals surface area contributed by atoms with Crippen LogP contribution in [0.3, 0.4) is 0 Å². The van der Waals surface area contributed by atoms with Crippen LogP contribution < -0.4 is 5.32 Å². The lowest BCUT2D eigenvalue weighted by Gasteiger charge is -2.08. The lowest BCUT2D eigenvalue weighted by atomic mass is 10.1. The molecule has 0 bridgehead atoms. The van der Waals surface area contributed by atoms with Gasteiger partial charge >= 0.3 is 5.97 Å². The monoisotopic (exact) mass is 328 g/mol. The van der Waals surface area contributed by atoms with Gasteiger partial charge in [-0.1, -0.05) is 25.4 Å². The second-order valence-electron chi connectivity index (χ2n) is 5.03. The summed E-state index contributed by atoms with van der Waals surface area (Å²) in [6.45, 7) is 4.01. The zero-order valence-electron chi connectivity index (χ0n) is 12.3. The fraction of sp³-hybridized carbons (Fsp3) is 0.429. The molecule has 0 aliphatic heterocycles. The number of nitro groups is 1. The Balaban J connectivity index is 2.61. The summed E-state index contributed by atoms with van der Waals surface area (Å²) < 4.78 is 4.78. The third kappa shape index (κ3) is 5.69. The van der Waals surface area contributed by atoms with Crippen molar-refractivity contribution in [3.63, 3.8) is 0 Å². The third-order valence-corrected chi connectivity index (χ3v) is 2.99. The highest BCUT2D eigenvalue weighted by Crippen LogP contribution is 2.23. The van der Waals surface area contributed by atoms with Gasteiger partial charge in [0.25, 0.3) is 11.6 Å². The van der Waals surface area contributed by atoms with Gasteiger partial charge in [-0.15, -0.1) is 0 Å². The number of carbonyl (C=O) groups excluding carboxylic acids is 2. The number of amides is 1. The highest BCUT2D eigenvalue weighted by Gasteiger charge is 2.22. The number of ether oxygens (including phenoxy) is 1. The van der Waals surface area contributed by atoms with E-state index in [0.29, 0.717) is 12.5 Å². The SMILES string of the molecule is CC(C)CCNC(=O)COC(=O)c1cc(Cl)ccc1[N+](=O)[O-]. The molecule has 1 aromatic rings. The molecule has 0 heterocycles. The maximum absolute atomic E-state index is 11.8. The molecule has 0 aliphatic carbocycles. The van der Waals surface area contributed by atoms with Gasteiger partial charge in [0.2, 0.25) is 0 Å². The van der Waals surface area contributed by atoms with Crippen molar-refractivity contribution in [1.82, 2.24) is 5.32 Å². The van der Waals surface area contributed by atoms with Gasteiger partial charge < -0.3 is 10.1 Å². The molecule has 0 saturated heterocycles. The summed E-state index contributed by atoms with van der Waals surface area (Å²) in [6.07, 6.45) is 0.805. The number of hydrogen-bond acceptors (Lipinski definition) is 5. The molecule has 120 valence electrons. The smallest absolute Gasteiger partial charge is 0.345 e. The number of nitro benzene ring substituents is 1. The minimum atomic E-state index is -0.965. The standard InChI is InChI=1S/C14H17ClN2O5/c1-9(2)5-6-16-13(18)8-22-14(19)11-7-10(15)3-4-12(11)17(20)21/h3-4,7,9H,5-6,8H2,1-2H3,(H,16,18). The fourth-order valence-electron chi connectivity index (χ4n) is 1.59. The lowest BCUT2D eigenvalue weighted by Crippen LogP contribution is -2.30. The molecule has 0 saturated carbocycles. The van der Waals surface area contributed by atoms with E-state index in [0.717, 1.165) is 18.6 Å². The number of nitrogens with one attached hydrogen (secondary N) is 1. The molecule has 0 radical (unpaired) electrons. The normalized spacial score (nSPS) is 10.4. The van der Waals surface area contributed by atoms with Gasteiger partial charge in [-0.25, -0.2) is 4.79 Å². The third-order valence-electron chi connectivity index (χ3n) is 2.75. The molecule has 0 aliphatic rings. The minimum absolute atomic E-state index is 0.166. The van der Waals surface area contributed by atoms with Crippen LogP contribution in [0.15, 0.2) is 18.2 Å². The second-order valence-corrected chi connectivity index (χ2v) is 5.46. The molecule has 22 heavy (non-hydrogen) atoms. The van der Waals surface area contributed by atoms with Crippen LogP contribution >= 0.6 is 11.6 Å². The topological polar surface area (TPSA) is 98.5 Å². The first-order chi connectivity index (χ1) is 10.3. The predicted octanol–water partition coefficient (Wildman–Crippen LogP) is 2.57. The number of halogens is 1. The Morgan fingerprint density at radius 1 is 1.41 bits per heavy atom. The van der Waals surface area contributed by atoms with E-state index in [-0.39, 0.29) is 10.6 Å². The van der Waals surface area contributed by atoms with Crippen LogP contribution in [-0.2, 0) is 9.53 Å². The maximum Gasteiger partial charge on any atom is 0.345 e. The quantitative estimate of drug-likeness (QED) is 0.471. The van der Waals surface area contributed by atoms with Crippen LogP contribution in [0.2, 0.25) is 5.02 Å². The van der Waals surface area contributed by atoms with E-state index in [9.17, 15) is 19.7 Å². The van der Waals surface area contributed by atoms with E-state index in [1.807, 2.05) is 13.8 Å². The van der Waals surface area contributed by atoms with Crippen molar-refractivity contribution in [2.75, 3.05) is 13.2 Å². The average Bonchev–Trinajstić information content (AvgIpc) is 2.43. The Morgan fingerprint density at radius 3 is 2.68 bits per heavy atom. The maximum atomic E-state index is 11.8. The molecular formula is C14H17ClN2O5. The molecular weight excluding hydrogens is 312 g/mol. The minimum Gasteiger partial charge on any atom is -0.452 e. The largest absolute Gasteiger partial charge is 0.452 e. The molecule has 0 unspecified atom stereocenters. The van der Waals surface area contributed by atoms with Crippen molar-refractivity contribution in [2.45, 2.75) is 20.3 Å². The molecule has 1 amide bonds. The van der Waals surface area contributed by atoms with Gasteiger partial charge in [0.15, 0.2) is 6.61 Å². The zero-order valence-corrected chi connectivity index (χ0v) is 13.1. The molecule has 8 heteroatoms. The van der Waals surface area contributed by atoms with Crippen molar-refractivity contribution in [2.24, 2.45) is 5.92 Å². The van der Waals surface area contributed by atoms with Crippen molar-refractivity contribution < 1.29 is 19.2 Å². The van der Waals surface area contributed by atoms with E-state index in [1.54, 1.807) is 0 Å². The summed E-state index contributed by atoms with van der Waals surface area (Å²) in [5.74, 6) is -0.983. The number of hydrogen-bond donors (Lipinski definition) is 1. The zero-order chi connectivity index (χ0) is 16.7. The van der Waals surface area contributed by atoms with Crippen molar-refractivity contribution >= 4 is 29.2 Å². The molecule has 0 aromatic heterocycles. The van der Waals surface area contributed by atoms with Crippen molar-refractivity contribution in [3.05, 3.63) is 38.9 Å². The Bertz CT molecular complexity index is 574. The summed E-state index contributed by atoms with van der Waals surface area (Å²) in [5, 5.41) is 13.6. The summed E-state index contributed by atoms with van der Waals surface area (Å²) in [7, 11) is 0. The Morgan fingerprint density at radius 2 is 2.09 bits per heavy atom. The summed E-state index contributed by atoms with van der Waals surface area (Å²) in [4.78, 5) is 33.5. The van der Waals surface area contributed by atoms with Crippen LogP contribution in [0, 0.1) is 16.0 Å². The van der Waals surface area contributed by atoms with Gasteiger partial charge in [-0.2, -0.15) is 0 Å². The van der Waals surface area contributed by atoms with Gasteiger partial charge in [-0.05, 0) is 24.5 Å². The van der Waals surface area contributed by atoms with Crippen LogP contribution in [0.25, 0.3) is 0 Å². The van der Waals surface area contributed by atoms with Crippen molar-refractivity contribution in [3.8, 4) is 0 Å². The first-order valence-corrected chi connectivity index (χ1v) is 7.06. The number of benzene rings is 1. The van der Waals surface area contributed by atoms with E-state index in [4.69, 9.17) is 16.3 Å². The Kier molecular flexibility index (Phi) is 6.78. The van der Waals surface area contributed by atoms with Gasteiger partial charge in [-0.3, -0.25) is 14.9 Å². The lowest BCUT2D eigenvalue weighted by molar-refractivity contribution is -0.385. The molecule has 0 spiro atoms. The first kappa shape index (κ1) is 17.9. The highest BCUT2D eigenvalue weighted by atomic mass is 35.5. The number of rotatable bonds is 7. The number of esters is 1. The Hall–Kier alpha value is -2.15. The summed E-state index contributed by atoms with van der Waals surface area (Å²) in [5.41, 5.74) is -0.706. The van der Waals surface area contributed by atoms with Crippen LogP contribution in [-0.4, -0.2) is 30.0 Å².